The van der Waals surface area contributed by atoms with E-state index in [0.717, 1.165) is 0 Å². The third kappa shape index (κ3) is 3.16. The van der Waals surface area contributed by atoms with Crippen LogP contribution in [-0.2, 0) is 9.84 Å². The summed E-state index contributed by atoms with van der Waals surface area (Å²) in [4.78, 5) is 13.3. The minimum atomic E-state index is -2.96. The lowest BCUT2D eigenvalue weighted by Crippen LogP contribution is -2.29. The van der Waals surface area contributed by atoms with Gasteiger partial charge >= 0.3 is 0 Å². The predicted octanol–water partition coefficient (Wildman–Crippen LogP) is -0.268. The first-order chi connectivity index (χ1) is 7.96. The average molecular weight is 278 g/mol. The van der Waals surface area contributed by atoms with Gasteiger partial charge in [-0.2, -0.15) is 15.0 Å². The number of halogens is 1. The molecule has 94 valence electrons. The molecule has 0 saturated carbocycles. The molecular formula is C8H12ClN5O2S. The Labute approximate surface area is 104 Å². The molecule has 2 heterocycles. The summed E-state index contributed by atoms with van der Waals surface area (Å²) < 4.78 is 22.9. The van der Waals surface area contributed by atoms with Crippen molar-refractivity contribution in [2.24, 2.45) is 0 Å². The summed E-state index contributed by atoms with van der Waals surface area (Å²) >= 11 is 5.68. The van der Waals surface area contributed by atoms with Gasteiger partial charge < -0.3 is 10.6 Å². The van der Waals surface area contributed by atoms with Gasteiger partial charge in [0.05, 0.1) is 11.5 Å². The molecule has 0 spiro atoms. The summed E-state index contributed by atoms with van der Waals surface area (Å²) in [7, 11) is -2.96. The molecule has 1 fully saturated rings. The Kier molecular flexibility index (Phi) is 3.34. The summed E-state index contributed by atoms with van der Waals surface area (Å²) in [5, 5.41) is 0.0135. The molecule has 0 unspecified atom stereocenters. The van der Waals surface area contributed by atoms with E-state index in [1.54, 1.807) is 4.90 Å². The van der Waals surface area contributed by atoms with Crippen molar-refractivity contribution < 1.29 is 8.42 Å². The van der Waals surface area contributed by atoms with Crippen molar-refractivity contribution in [3.05, 3.63) is 5.28 Å². The molecule has 1 aromatic rings. The van der Waals surface area contributed by atoms with Crippen LogP contribution in [0.15, 0.2) is 0 Å². The van der Waals surface area contributed by atoms with E-state index in [-0.39, 0.29) is 22.7 Å². The number of hydrogen-bond donors (Lipinski definition) is 1. The van der Waals surface area contributed by atoms with E-state index in [1.807, 2.05) is 0 Å². The van der Waals surface area contributed by atoms with Crippen LogP contribution in [0.1, 0.15) is 6.42 Å². The standard InChI is InChI=1S/C8H12ClN5O2S/c9-6-11-7(10)13-8(12-6)14-2-1-4-17(15,16)5-3-14/h1-5H2,(H2,10,11,12,13). The van der Waals surface area contributed by atoms with Crippen molar-refractivity contribution in [2.45, 2.75) is 6.42 Å². The summed E-state index contributed by atoms with van der Waals surface area (Å²) in [6, 6.07) is 0. The second kappa shape index (κ2) is 4.61. The maximum Gasteiger partial charge on any atom is 0.231 e. The van der Waals surface area contributed by atoms with E-state index in [2.05, 4.69) is 15.0 Å². The zero-order valence-corrected chi connectivity index (χ0v) is 10.6. The molecule has 1 aromatic heterocycles. The fourth-order valence-corrected chi connectivity index (χ4v) is 3.07. The summed E-state index contributed by atoms with van der Waals surface area (Å²) in [6.07, 6.45) is 0.547. The molecule has 1 aliphatic rings. The Morgan fingerprint density at radius 2 is 1.94 bits per heavy atom. The highest BCUT2D eigenvalue weighted by Crippen LogP contribution is 2.15. The molecule has 0 atom stereocenters. The van der Waals surface area contributed by atoms with E-state index in [4.69, 9.17) is 17.3 Å². The van der Waals surface area contributed by atoms with E-state index < -0.39 is 9.84 Å². The molecule has 0 aliphatic carbocycles. The zero-order chi connectivity index (χ0) is 12.5. The normalized spacial score (nSPS) is 19.9. The molecule has 1 aliphatic heterocycles. The third-order valence-electron chi connectivity index (χ3n) is 2.45. The van der Waals surface area contributed by atoms with Crippen LogP contribution in [0.3, 0.4) is 0 Å². The highest BCUT2D eigenvalue weighted by molar-refractivity contribution is 7.91. The van der Waals surface area contributed by atoms with Gasteiger partial charge in [-0.25, -0.2) is 8.42 Å². The minimum Gasteiger partial charge on any atom is -0.368 e. The first-order valence-electron chi connectivity index (χ1n) is 5.09. The highest BCUT2D eigenvalue weighted by Gasteiger charge is 2.21. The Balaban J connectivity index is 2.22. The van der Waals surface area contributed by atoms with Crippen LogP contribution in [0, 0.1) is 0 Å². The fourth-order valence-electron chi connectivity index (χ4n) is 1.63. The second-order valence-corrected chi connectivity index (χ2v) is 6.40. The SMILES string of the molecule is Nc1nc(Cl)nc(N2CCCS(=O)(=O)CC2)n1. The Hall–Kier alpha value is -1.15. The molecule has 0 aromatic carbocycles. The number of hydrogen-bond acceptors (Lipinski definition) is 7. The largest absolute Gasteiger partial charge is 0.368 e. The van der Waals surface area contributed by atoms with Crippen LogP contribution in [0.2, 0.25) is 5.28 Å². The van der Waals surface area contributed by atoms with Crippen LogP contribution in [0.5, 0.6) is 0 Å². The molecule has 9 heteroatoms. The van der Waals surface area contributed by atoms with Crippen molar-refractivity contribution in [2.75, 3.05) is 35.2 Å². The van der Waals surface area contributed by atoms with Gasteiger partial charge in [0.15, 0.2) is 9.84 Å². The number of rotatable bonds is 1. The third-order valence-corrected chi connectivity index (χ3v) is 4.34. The maximum atomic E-state index is 11.5. The number of nitrogens with two attached hydrogens (primary N) is 1. The van der Waals surface area contributed by atoms with Crippen molar-refractivity contribution in [3.8, 4) is 0 Å². The van der Waals surface area contributed by atoms with Crippen molar-refractivity contribution in [1.82, 2.24) is 15.0 Å². The molecule has 7 nitrogen and oxygen atoms in total. The van der Waals surface area contributed by atoms with Gasteiger partial charge in [0.2, 0.25) is 17.2 Å². The molecule has 0 radical (unpaired) electrons. The number of sulfone groups is 1. The number of aromatic nitrogens is 3. The van der Waals surface area contributed by atoms with Crippen LogP contribution < -0.4 is 10.6 Å². The number of nitrogen functional groups attached to an aromatic ring is 1. The van der Waals surface area contributed by atoms with E-state index in [1.165, 1.54) is 0 Å². The van der Waals surface area contributed by atoms with E-state index >= 15 is 0 Å². The predicted molar refractivity (Wildman–Crippen MR) is 64.7 cm³/mol. The lowest BCUT2D eigenvalue weighted by molar-refractivity contribution is 0.597. The molecule has 0 bridgehead atoms. The van der Waals surface area contributed by atoms with E-state index in [9.17, 15) is 8.42 Å². The van der Waals surface area contributed by atoms with Gasteiger partial charge in [-0.05, 0) is 18.0 Å². The summed E-state index contributed by atoms with van der Waals surface area (Å²) in [6.45, 7) is 0.918. The lowest BCUT2D eigenvalue weighted by atomic mass is 10.4. The molecule has 17 heavy (non-hydrogen) atoms. The monoisotopic (exact) mass is 277 g/mol. The molecule has 2 rings (SSSR count). The minimum absolute atomic E-state index is 0.0135. The van der Waals surface area contributed by atoms with Crippen LogP contribution in [0.4, 0.5) is 11.9 Å². The van der Waals surface area contributed by atoms with Gasteiger partial charge in [-0.3, -0.25) is 0 Å². The Bertz CT molecular complexity index is 500. The zero-order valence-electron chi connectivity index (χ0n) is 9.00. The van der Waals surface area contributed by atoms with Gasteiger partial charge in [-0.15, -0.1) is 0 Å². The van der Waals surface area contributed by atoms with E-state index in [0.29, 0.717) is 25.5 Å². The quantitative estimate of drug-likeness (QED) is 0.754. The van der Waals surface area contributed by atoms with Crippen LogP contribution >= 0.6 is 11.6 Å². The maximum absolute atomic E-state index is 11.5. The van der Waals surface area contributed by atoms with Gasteiger partial charge in [0.25, 0.3) is 0 Å². The van der Waals surface area contributed by atoms with Crippen LogP contribution in [-0.4, -0.2) is 48.0 Å². The Morgan fingerprint density at radius 3 is 2.65 bits per heavy atom. The average Bonchev–Trinajstić information content (AvgIpc) is 2.38. The van der Waals surface area contributed by atoms with Crippen molar-refractivity contribution >= 4 is 33.3 Å². The summed E-state index contributed by atoms with van der Waals surface area (Å²) in [5.74, 6) is 0.653. The molecule has 2 N–H and O–H groups in total. The van der Waals surface area contributed by atoms with Gasteiger partial charge in [0.1, 0.15) is 0 Å². The van der Waals surface area contributed by atoms with Crippen molar-refractivity contribution in [1.29, 1.82) is 0 Å². The number of anilines is 2. The fraction of sp³-hybridized carbons (Fsp3) is 0.625. The topological polar surface area (TPSA) is 102 Å². The molecular weight excluding hydrogens is 266 g/mol. The first-order valence-corrected chi connectivity index (χ1v) is 7.29. The molecule has 0 amide bonds. The van der Waals surface area contributed by atoms with Gasteiger partial charge in [0, 0.05) is 13.1 Å². The molecule has 1 saturated heterocycles. The summed E-state index contributed by atoms with van der Waals surface area (Å²) in [5.41, 5.74) is 5.47. The Morgan fingerprint density at radius 1 is 1.18 bits per heavy atom. The highest BCUT2D eigenvalue weighted by atomic mass is 35.5. The van der Waals surface area contributed by atoms with Crippen LogP contribution in [0.25, 0.3) is 0 Å². The van der Waals surface area contributed by atoms with Crippen molar-refractivity contribution in [3.63, 3.8) is 0 Å². The smallest absolute Gasteiger partial charge is 0.231 e. The number of nitrogens with zero attached hydrogens (tertiary/aromatic N) is 4. The second-order valence-electron chi connectivity index (χ2n) is 3.76. The van der Waals surface area contributed by atoms with Gasteiger partial charge in [-0.1, -0.05) is 0 Å². The lowest BCUT2D eigenvalue weighted by Gasteiger charge is -2.19. The first kappa shape index (κ1) is 12.3.